The van der Waals surface area contributed by atoms with Gasteiger partial charge in [-0.2, -0.15) is 0 Å². The van der Waals surface area contributed by atoms with Crippen LogP contribution in [-0.4, -0.2) is 0 Å². The van der Waals surface area contributed by atoms with Gasteiger partial charge < -0.3 is 9.80 Å². The fourth-order valence-corrected chi connectivity index (χ4v) is 15.4. The molecule has 0 amide bonds. The quantitative estimate of drug-likeness (QED) is 0.164. The van der Waals surface area contributed by atoms with E-state index in [1.807, 2.05) is 34.0 Å². The van der Waals surface area contributed by atoms with E-state index in [9.17, 15) is 0 Å². The van der Waals surface area contributed by atoms with Gasteiger partial charge in [0.1, 0.15) is 0 Å². The fraction of sp³-hybridized carbons (Fsp3) is 0.0159. The highest BCUT2D eigenvalue weighted by molar-refractivity contribution is 7.27. The van der Waals surface area contributed by atoms with Crippen LogP contribution in [0.4, 0.5) is 34.1 Å². The van der Waals surface area contributed by atoms with E-state index in [-0.39, 0.29) is 0 Å². The van der Waals surface area contributed by atoms with E-state index >= 15 is 0 Å². The average molecular weight is 919 g/mol. The molecule has 0 N–H and O–H groups in total. The van der Waals surface area contributed by atoms with Gasteiger partial charge in [0.25, 0.3) is 0 Å². The standard InChI is InChI=1S/C63H38N2S3/c1-3-17-39(18-4-1)64(54-28-15-25-47-45-22-8-12-30-56(45)66-60(47)54)41-33-35-44-43-21-7-11-27-51(43)63(52(44)37-41)53-38-42(34-36-49(53)62-59(63)50-24-10-14-32-58(50)68-62)65(40-19-5-2-6-20-40)55-29-16-26-48-46-23-9-13-31-57(46)67-61(48)55/h1-38H. The lowest BCUT2D eigenvalue weighted by molar-refractivity contribution is 0.802. The molecule has 10 aromatic carbocycles. The second-order valence-corrected chi connectivity index (χ2v) is 21.1. The van der Waals surface area contributed by atoms with Gasteiger partial charge in [-0.05, 0) is 123 Å². The molecular weight excluding hydrogens is 881 g/mol. The zero-order valence-corrected chi connectivity index (χ0v) is 39.0. The summed E-state index contributed by atoms with van der Waals surface area (Å²) in [5, 5.41) is 6.50. The Labute approximate surface area is 405 Å². The topological polar surface area (TPSA) is 6.48 Å². The van der Waals surface area contributed by atoms with Gasteiger partial charge >= 0.3 is 0 Å². The molecule has 1 unspecified atom stereocenters. The van der Waals surface area contributed by atoms with Crippen LogP contribution in [0, 0.1) is 0 Å². The van der Waals surface area contributed by atoms with Crippen LogP contribution in [0.3, 0.4) is 0 Å². The molecule has 15 rings (SSSR count). The summed E-state index contributed by atoms with van der Waals surface area (Å²) in [4.78, 5) is 6.35. The highest BCUT2D eigenvalue weighted by Crippen LogP contribution is 2.67. The third-order valence-corrected chi connectivity index (χ3v) is 18.1. The predicted molar refractivity (Wildman–Crippen MR) is 293 cm³/mol. The molecule has 0 fully saturated rings. The molecule has 68 heavy (non-hydrogen) atoms. The third kappa shape index (κ3) is 5.26. The maximum atomic E-state index is 2.54. The Morgan fingerprint density at radius 2 is 0.735 bits per heavy atom. The summed E-state index contributed by atoms with van der Waals surface area (Å²) in [5.74, 6) is 0. The van der Waals surface area contributed by atoms with E-state index < -0.39 is 5.41 Å². The number of benzene rings is 10. The van der Waals surface area contributed by atoms with E-state index in [0.717, 1.165) is 22.7 Å². The Morgan fingerprint density at radius 1 is 0.294 bits per heavy atom. The van der Waals surface area contributed by atoms with E-state index in [2.05, 4.69) is 240 Å². The highest BCUT2D eigenvalue weighted by Gasteiger charge is 2.54. The van der Waals surface area contributed by atoms with Gasteiger partial charge in [-0.15, -0.1) is 34.0 Å². The van der Waals surface area contributed by atoms with Crippen LogP contribution < -0.4 is 9.80 Å². The number of nitrogens with zero attached hydrogens (tertiary/aromatic N) is 2. The maximum absolute atomic E-state index is 2.54. The van der Waals surface area contributed by atoms with E-state index in [4.69, 9.17) is 0 Å². The summed E-state index contributed by atoms with van der Waals surface area (Å²) in [7, 11) is 0. The molecule has 0 saturated carbocycles. The smallest absolute Gasteiger partial charge is 0.0741 e. The largest absolute Gasteiger partial charge is 0.309 e. The maximum Gasteiger partial charge on any atom is 0.0741 e. The SMILES string of the molecule is c1ccc(N(c2ccc3c(c2)C2(c4ccccc4-3)c3cc(N(c4ccccc4)c4cccc5c4sc4ccccc45)ccc3-c3sc4ccccc4c32)c2cccc3c2sc2ccccc23)cc1. The highest BCUT2D eigenvalue weighted by atomic mass is 32.1. The Hall–Kier alpha value is -7.80. The molecule has 0 aliphatic heterocycles. The lowest BCUT2D eigenvalue weighted by Crippen LogP contribution is -2.26. The van der Waals surface area contributed by atoms with E-state index in [1.54, 1.807) is 0 Å². The monoisotopic (exact) mass is 918 g/mol. The molecular formula is C63H38N2S3. The summed E-state index contributed by atoms with van der Waals surface area (Å²) in [5.41, 5.74) is 15.6. The second kappa shape index (κ2) is 14.6. The van der Waals surface area contributed by atoms with Crippen LogP contribution in [0.1, 0.15) is 22.3 Å². The van der Waals surface area contributed by atoms with Crippen molar-refractivity contribution in [1.82, 2.24) is 0 Å². The van der Waals surface area contributed by atoms with Crippen molar-refractivity contribution in [3.8, 4) is 21.6 Å². The summed E-state index contributed by atoms with van der Waals surface area (Å²) in [6, 6.07) is 86.1. The number of hydrogen-bond donors (Lipinski definition) is 0. The van der Waals surface area contributed by atoms with Gasteiger partial charge in [-0.1, -0.05) is 152 Å². The fourth-order valence-electron chi connectivity index (χ4n) is 11.7. The normalized spacial score (nSPS) is 14.5. The van der Waals surface area contributed by atoms with Crippen molar-refractivity contribution in [3.05, 3.63) is 253 Å². The summed E-state index contributed by atoms with van der Waals surface area (Å²) >= 11 is 5.70. The van der Waals surface area contributed by atoms with Crippen molar-refractivity contribution < 1.29 is 0 Å². The van der Waals surface area contributed by atoms with Crippen LogP contribution in [0.5, 0.6) is 0 Å². The number of hydrogen-bond acceptors (Lipinski definition) is 5. The van der Waals surface area contributed by atoms with Crippen LogP contribution in [0.25, 0.3) is 72.0 Å². The molecule has 0 bridgehead atoms. The van der Waals surface area contributed by atoms with Gasteiger partial charge in [0, 0.05) is 63.3 Å². The number of rotatable bonds is 6. The summed E-state index contributed by atoms with van der Waals surface area (Å²) in [6.07, 6.45) is 0. The van der Waals surface area contributed by atoms with Gasteiger partial charge in [0.2, 0.25) is 0 Å². The molecule has 318 valence electrons. The molecule has 2 nitrogen and oxygen atoms in total. The minimum atomic E-state index is -0.597. The lowest BCUT2D eigenvalue weighted by Gasteiger charge is -2.33. The van der Waals surface area contributed by atoms with Crippen molar-refractivity contribution in [2.45, 2.75) is 5.41 Å². The van der Waals surface area contributed by atoms with Gasteiger partial charge in [-0.3, -0.25) is 0 Å². The van der Waals surface area contributed by atoms with Crippen LogP contribution in [0.15, 0.2) is 231 Å². The Balaban J connectivity index is 1.02. The first-order chi connectivity index (χ1) is 33.7. The van der Waals surface area contributed by atoms with Crippen molar-refractivity contribution in [2.75, 3.05) is 9.80 Å². The zero-order chi connectivity index (χ0) is 44.5. The van der Waals surface area contributed by atoms with Crippen molar-refractivity contribution in [1.29, 1.82) is 0 Å². The molecule has 2 aliphatic rings. The minimum Gasteiger partial charge on any atom is -0.309 e. The lowest BCUT2D eigenvalue weighted by atomic mass is 9.70. The first-order valence-corrected chi connectivity index (χ1v) is 25.6. The summed E-state index contributed by atoms with van der Waals surface area (Å²) < 4.78 is 6.49. The average Bonchev–Trinajstić information content (AvgIpc) is 4.20. The first-order valence-electron chi connectivity index (χ1n) is 23.2. The van der Waals surface area contributed by atoms with Crippen LogP contribution in [0.2, 0.25) is 0 Å². The van der Waals surface area contributed by atoms with Gasteiger partial charge in [0.15, 0.2) is 0 Å². The Morgan fingerprint density at radius 3 is 1.32 bits per heavy atom. The number of para-hydroxylation sites is 2. The molecule has 1 spiro atoms. The molecule has 3 aromatic heterocycles. The molecule has 1 atom stereocenters. The molecule has 13 aromatic rings. The van der Waals surface area contributed by atoms with E-state index in [0.29, 0.717) is 0 Å². The zero-order valence-electron chi connectivity index (χ0n) is 36.6. The third-order valence-electron chi connectivity index (χ3n) is 14.4. The van der Waals surface area contributed by atoms with Gasteiger partial charge in [0.05, 0.1) is 26.2 Å². The Kier molecular flexibility index (Phi) is 8.23. The molecule has 0 radical (unpaired) electrons. The molecule has 0 saturated heterocycles. The van der Waals surface area contributed by atoms with Crippen molar-refractivity contribution in [3.63, 3.8) is 0 Å². The molecule has 3 heterocycles. The van der Waals surface area contributed by atoms with Gasteiger partial charge in [-0.25, -0.2) is 0 Å². The number of fused-ring (bicyclic) bond motifs is 18. The number of anilines is 6. The van der Waals surface area contributed by atoms with Crippen molar-refractivity contribution >= 4 is 119 Å². The first kappa shape index (κ1) is 38.3. The molecule has 2 aliphatic carbocycles. The van der Waals surface area contributed by atoms with Crippen LogP contribution >= 0.6 is 34.0 Å². The predicted octanol–water partition coefficient (Wildman–Crippen LogP) is 18.9. The summed E-state index contributed by atoms with van der Waals surface area (Å²) in [6.45, 7) is 0. The molecule has 5 heteroatoms. The minimum absolute atomic E-state index is 0.597. The Bertz CT molecular complexity index is 4180. The van der Waals surface area contributed by atoms with Crippen molar-refractivity contribution in [2.24, 2.45) is 0 Å². The van der Waals surface area contributed by atoms with E-state index in [1.165, 1.54) is 106 Å². The second-order valence-electron chi connectivity index (χ2n) is 17.9. The number of thiophene rings is 3. The van der Waals surface area contributed by atoms with Crippen LogP contribution in [-0.2, 0) is 5.41 Å².